The van der Waals surface area contributed by atoms with Gasteiger partial charge in [-0.15, -0.1) is 0 Å². The van der Waals surface area contributed by atoms with Crippen molar-refractivity contribution >= 4 is 16.9 Å². The van der Waals surface area contributed by atoms with Gasteiger partial charge in [-0.25, -0.2) is 4.79 Å². The maximum atomic E-state index is 12.7. The Morgan fingerprint density at radius 3 is 2.31 bits per heavy atom. The normalized spacial score (nSPS) is 25.5. The molecule has 2 unspecified atom stereocenters. The fraction of sp³-hybridized carbons (Fsp3) is 0.238. The minimum Gasteiger partial charge on any atom is -0.504 e. The van der Waals surface area contributed by atoms with Crippen LogP contribution in [0.15, 0.2) is 51.7 Å². The highest BCUT2D eigenvalue weighted by molar-refractivity contribution is 5.89. The molecule has 0 amide bonds. The van der Waals surface area contributed by atoms with Gasteiger partial charge in [0.25, 0.3) is 0 Å². The van der Waals surface area contributed by atoms with Gasteiger partial charge in [0, 0.05) is 17.7 Å². The molecule has 1 saturated heterocycles. The Hall–Kier alpha value is -3.64. The van der Waals surface area contributed by atoms with Gasteiger partial charge in [0.05, 0.1) is 0 Å². The van der Waals surface area contributed by atoms with Crippen molar-refractivity contribution in [2.75, 3.05) is 0 Å². The summed E-state index contributed by atoms with van der Waals surface area (Å²) < 4.78 is 15.8. The first-order chi connectivity index (χ1) is 15.2. The van der Waals surface area contributed by atoms with E-state index < -0.39 is 59.4 Å². The minimum atomic E-state index is -1.96. The van der Waals surface area contributed by atoms with Crippen LogP contribution in [0, 0.1) is 0 Å². The quantitative estimate of drug-likeness (QED) is 0.320. The van der Waals surface area contributed by atoms with Gasteiger partial charge in [-0.05, 0) is 0 Å². The molecule has 32 heavy (non-hydrogen) atoms. The Morgan fingerprint density at radius 1 is 0.969 bits per heavy atom. The highest BCUT2D eigenvalue weighted by atomic mass is 16.7. The molecular formula is C21H18O11. The lowest BCUT2D eigenvalue weighted by Crippen LogP contribution is -2.61. The second kappa shape index (κ2) is 8.13. The molecular weight excluding hydrogens is 428 g/mol. The number of ether oxygens (including phenoxy) is 2. The molecule has 1 aliphatic heterocycles. The van der Waals surface area contributed by atoms with Gasteiger partial charge in [-0.1, -0.05) is 30.3 Å². The molecule has 4 rings (SSSR count). The van der Waals surface area contributed by atoms with Crippen LogP contribution in [0.2, 0.25) is 0 Å². The number of carbonyl (C=O) groups is 1. The van der Waals surface area contributed by atoms with Crippen molar-refractivity contribution in [2.24, 2.45) is 0 Å². The van der Waals surface area contributed by atoms with Crippen molar-refractivity contribution in [2.45, 2.75) is 30.7 Å². The van der Waals surface area contributed by atoms with Crippen LogP contribution in [0.4, 0.5) is 0 Å². The summed E-state index contributed by atoms with van der Waals surface area (Å²) in [7, 11) is 0. The monoisotopic (exact) mass is 446 g/mol. The second-order valence-electron chi connectivity index (χ2n) is 7.14. The van der Waals surface area contributed by atoms with Gasteiger partial charge < -0.3 is 44.5 Å². The Bertz CT molecular complexity index is 1220. The van der Waals surface area contributed by atoms with Crippen LogP contribution in [0.1, 0.15) is 0 Å². The van der Waals surface area contributed by atoms with Crippen molar-refractivity contribution in [3.8, 4) is 28.6 Å². The largest absolute Gasteiger partial charge is 0.504 e. The van der Waals surface area contributed by atoms with Gasteiger partial charge in [0.2, 0.25) is 12.0 Å². The molecule has 1 aromatic heterocycles. The lowest BCUT2D eigenvalue weighted by molar-refractivity contribution is -0.271. The number of hydrogen-bond acceptors (Lipinski definition) is 10. The maximum absolute atomic E-state index is 12.7. The number of aliphatic hydroxyl groups excluding tert-OH is 3. The molecule has 11 heteroatoms. The zero-order valence-electron chi connectivity index (χ0n) is 16.2. The molecule has 0 aliphatic carbocycles. The minimum absolute atomic E-state index is 0.164. The first-order valence-corrected chi connectivity index (χ1v) is 9.36. The summed E-state index contributed by atoms with van der Waals surface area (Å²) in [6, 6.07) is 10.8. The standard InChI is InChI=1S/C21H18O11/c22-9-6-11(8-4-2-1-3-5-8)30-12-7-10(23)18(14(24)13(9)12)31-21-17(27)15(25)16(26)19(32-21)20(28)29/h1-7,15-17,19,21,23-27H,(H,28,29)/t15-,16+,17?,19?,21-/m1/s1. The number of carboxylic acids is 1. The topological polar surface area (TPSA) is 187 Å². The molecule has 0 saturated carbocycles. The second-order valence-corrected chi connectivity index (χ2v) is 7.14. The molecule has 6 N–H and O–H groups in total. The molecule has 5 atom stereocenters. The SMILES string of the molecule is O=C(O)C1O[C@@H](Oc2c(O)cc3oc(-c4ccccc4)cc(=O)c3c2O)C(O)[C@H](O)[C@@H]1O. The molecule has 1 aliphatic rings. The number of rotatable bonds is 4. The molecule has 2 aromatic carbocycles. The van der Waals surface area contributed by atoms with Crippen molar-refractivity contribution in [1.29, 1.82) is 0 Å². The van der Waals surface area contributed by atoms with E-state index >= 15 is 0 Å². The molecule has 1 fully saturated rings. The zero-order chi connectivity index (χ0) is 23.2. The molecule has 3 aromatic rings. The van der Waals surface area contributed by atoms with Crippen LogP contribution in [-0.2, 0) is 9.53 Å². The van der Waals surface area contributed by atoms with E-state index in [0.29, 0.717) is 5.56 Å². The summed E-state index contributed by atoms with van der Waals surface area (Å²) in [5.74, 6) is -3.74. The van der Waals surface area contributed by atoms with E-state index in [9.17, 15) is 35.1 Å². The van der Waals surface area contributed by atoms with Crippen LogP contribution in [0.5, 0.6) is 17.2 Å². The lowest BCUT2D eigenvalue weighted by Gasteiger charge is -2.38. The predicted octanol–water partition coefficient (Wildman–Crippen LogP) is 0.142. The van der Waals surface area contributed by atoms with Gasteiger partial charge >= 0.3 is 5.97 Å². The highest BCUT2D eigenvalue weighted by Gasteiger charge is 2.48. The van der Waals surface area contributed by atoms with E-state index in [2.05, 4.69) is 0 Å². The van der Waals surface area contributed by atoms with Crippen molar-refractivity contribution in [3.05, 3.63) is 52.7 Å². The highest BCUT2D eigenvalue weighted by Crippen LogP contribution is 2.43. The van der Waals surface area contributed by atoms with Gasteiger partial charge in [0.1, 0.15) is 35.0 Å². The average Bonchev–Trinajstić information content (AvgIpc) is 2.76. The molecule has 168 valence electrons. The summed E-state index contributed by atoms with van der Waals surface area (Å²) in [4.78, 5) is 23.9. The number of aromatic hydroxyl groups is 2. The number of fused-ring (bicyclic) bond motifs is 1. The Labute approximate surface area is 178 Å². The number of phenols is 2. The Morgan fingerprint density at radius 2 is 1.66 bits per heavy atom. The van der Waals surface area contributed by atoms with Crippen LogP contribution in [0.3, 0.4) is 0 Å². The lowest BCUT2D eigenvalue weighted by atomic mass is 9.99. The third-order valence-electron chi connectivity index (χ3n) is 5.03. The summed E-state index contributed by atoms with van der Waals surface area (Å²) in [6.45, 7) is 0. The fourth-order valence-corrected chi connectivity index (χ4v) is 3.40. The van der Waals surface area contributed by atoms with E-state index in [1.165, 1.54) is 0 Å². The number of carboxylic acid groups (broad SMARTS) is 1. The molecule has 0 spiro atoms. The van der Waals surface area contributed by atoms with E-state index in [0.717, 1.165) is 12.1 Å². The average molecular weight is 446 g/mol. The third-order valence-corrected chi connectivity index (χ3v) is 5.03. The van der Waals surface area contributed by atoms with Gasteiger partial charge in [0.15, 0.2) is 23.0 Å². The number of benzene rings is 2. The first kappa shape index (κ1) is 21.6. The number of aliphatic hydroxyl groups is 3. The van der Waals surface area contributed by atoms with E-state index in [1.807, 2.05) is 0 Å². The zero-order valence-corrected chi connectivity index (χ0v) is 16.2. The van der Waals surface area contributed by atoms with E-state index in [4.69, 9.17) is 19.0 Å². The summed E-state index contributed by atoms with van der Waals surface area (Å²) in [5, 5.41) is 59.4. The van der Waals surface area contributed by atoms with Crippen molar-refractivity contribution < 1.29 is 49.3 Å². The van der Waals surface area contributed by atoms with E-state index in [-0.39, 0.29) is 16.7 Å². The number of hydrogen-bond donors (Lipinski definition) is 6. The van der Waals surface area contributed by atoms with Crippen LogP contribution in [0.25, 0.3) is 22.3 Å². The van der Waals surface area contributed by atoms with Gasteiger partial charge in [-0.3, -0.25) is 4.79 Å². The summed E-state index contributed by atoms with van der Waals surface area (Å²) in [6.07, 6.45) is -9.71. The maximum Gasteiger partial charge on any atom is 0.335 e. The summed E-state index contributed by atoms with van der Waals surface area (Å²) >= 11 is 0. The van der Waals surface area contributed by atoms with Crippen LogP contribution >= 0.6 is 0 Å². The van der Waals surface area contributed by atoms with Crippen molar-refractivity contribution in [3.63, 3.8) is 0 Å². The van der Waals surface area contributed by atoms with E-state index in [1.54, 1.807) is 30.3 Å². The molecule has 0 bridgehead atoms. The fourth-order valence-electron chi connectivity index (χ4n) is 3.40. The summed E-state index contributed by atoms with van der Waals surface area (Å²) in [5.41, 5.74) is -0.254. The Kier molecular flexibility index (Phi) is 5.48. The Balaban J connectivity index is 1.75. The number of phenolic OH excluding ortho intramolecular Hbond substituents is 2. The van der Waals surface area contributed by atoms with Gasteiger partial charge in [-0.2, -0.15) is 0 Å². The predicted molar refractivity (Wildman–Crippen MR) is 106 cm³/mol. The molecule has 11 nitrogen and oxygen atoms in total. The molecule has 2 heterocycles. The van der Waals surface area contributed by atoms with Crippen LogP contribution in [-0.4, -0.2) is 67.3 Å². The van der Waals surface area contributed by atoms with Crippen molar-refractivity contribution in [1.82, 2.24) is 0 Å². The first-order valence-electron chi connectivity index (χ1n) is 9.36. The number of aliphatic carboxylic acids is 1. The third kappa shape index (κ3) is 3.63. The molecule has 0 radical (unpaired) electrons. The van der Waals surface area contributed by atoms with Crippen LogP contribution < -0.4 is 10.2 Å². The smallest absolute Gasteiger partial charge is 0.335 e.